The Morgan fingerprint density at radius 3 is 2.42 bits per heavy atom. The van der Waals surface area contributed by atoms with Gasteiger partial charge in [-0.1, -0.05) is 24.3 Å². The first-order valence-electron chi connectivity index (χ1n) is 7.69. The zero-order valence-electron chi connectivity index (χ0n) is 14.2. The van der Waals surface area contributed by atoms with Gasteiger partial charge in [-0.3, -0.25) is 0 Å². The molecule has 8 heteroatoms. The summed E-state index contributed by atoms with van der Waals surface area (Å²) in [5, 5.41) is 13.1. The van der Waals surface area contributed by atoms with Gasteiger partial charge in [0.05, 0.1) is 36.3 Å². The van der Waals surface area contributed by atoms with Crippen molar-refractivity contribution in [1.29, 1.82) is 5.26 Å². The van der Waals surface area contributed by atoms with E-state index in [4.69, 9.17) is 10.00 Å². The van der Waals surface area contributed by atoms with Crippen molar-refractivity contribution in [3.8, 4) is 28.9 Å². The molecular formula is C18H16N4O3S. The lowest BCUT2D eigenvalue weighted by Gasteiger charge is -2.08. The fourth-order valence-corrected chi connectivity index (χ4v) is 3.06. The van der Waals surface area contributed by atoms with Gasteiger partial charge in [0.25, 0.3) is 0 Å². The molecule has 1 aromatic carbocycles. The first kappa shape index (κ1) is 17.6. The molecule has 0 radical (unpaired) electrons. The van der Waals surface area contributed by atoms with Gasteiger partial charge in [-0.05, 0) is 23.3 Å². The van der Waals surface area contributed by atoms with Gasteiger partial charge in [-0.25, -0.2) is 13.4 Å². The molecule has 0 saturated heterocycles. The fraction of sp³-hybridized carbons (Fsp3) is 0.167. The summed E-state index contributed by atoms with van der Waals surface area (Å²) in [5.41, 5.74) is 2.59. The second kappa shape index (κ2) is 6.98. The van der Waals surface area contributed by atoms with Gasteiger partial charge in [0, 0.05) is 12.5 Å². The lowest BCUT2D eigenvalue weighted by Crippen LogP contribution is -2.04. The quantitative estimate of drug-likeness (QED) is 0.686. The van der Waals surface area contributed by atoms with Crippen LogP contribution in [0.25, 0.3) is 16.9 Å². The number of rotatable bonds is 5. The summed E-state index contributed by atoms with van der Waals surface area (Å²) in [4.78, 5) is 4.31. The standard InChI is InChI=1S/C18H16N4O3S/c1-25-18-16(14-5-3-13(4-6-14)9-10-19)12-21-22(18)17-8-7-15(11-20-17)26(2,23)24/h3-8,11-12H,9H2,1-2H3. The van der Waals surface area contributed by atoms with Crippen LogP contribution < -0.4 is 4.74 Å². The van der Waals surface area contributed by atoms with Crippen molar-refractivity contribution >= 4 is 9.84 Å². The first-order chi connectivity index (χ1) is 12.4. The van der Waals surface area contributed by atoms with E-state index in [1.807, 2.05) is 24.3 Å². The van der Waals surface area contributed by atoms with E-state index in [1.165, 1.54) is 24.1 Å². The average Bonchev–Trinajstić information content (AvgIpc) is 3.06. The van der Waals surface area contributed by atoms with E-state index in [0.29, 0.717) is 18.1 Å². The van der Waals surface area contributed by atoms with E-state index in [0.717, 1.165) is 22.9 Å². The molecule has 0 aliphatic heterocycles. The summed E-state index contributed by atoms with van der Waals surface area (Å²) < 4.78 is 30.1. The second-order valence-electron chi connectivity index (χ2n) is 5.64. The molecule has 0 amide bonds. The van der Waals surface area contributed by atoms with Gasteiger partial charge < -0.3 is 4.74 Å². The van der Waals surface area contributed by atoms with Crippen LogP contribution in [0.15, 0.2) is 53.7 Å². The molecule has 2 aromatic heterocycles. The van der Waals surface area contributed by atoms with Crippen molar-refractivity contribution in [3.05, 3.63) is 54.4 Å². The van der Waals surface area contributed by atoms with E-state index < -0.39 is 9.84 Å². The van der Waals surface area contributed by atoms with Gasteiger partial charge in [0.1, 0.15) is 0 Å². The van der Waals surface area contributed by atoms with Crippen molar-refractivity contribution in [2.24, 2.45) is 0 Å². The number of hydrogen-bond donors (Lipinski definition) is 0. The summed E-state index contributed by atoms with van der Waals surface area (Å²) in [6, 6.07) is 12.7. The normalized spacial score (nSPS) is 11.1. The Morgan fingerprint density at radius 2 is 1.88 bits per heavy atom. The molecule has 0 fully saturated rings. The zero-order chi connectivity index (χ0) is 18.7. The first-order valence-corrected chi connectivity index (χ1v) is 9.58. The van der Waals surface area contributed by atoms with Crippen LogP contribution >= 0.6 is 0 Å². The molecule has 132 valence electrons. The number of methoxy groups -OCH3 is 1. The van der Waals surface area contributed by atoms with Crippen molar-refractivity contribution < 1.29 is 13.2 Å². The average molecular weight is 368 g/mol. The predicted octanol–water partition coefficient (Wildman–Crippen LogP) is 2.41. The predicted molar refractivity (Wildman–Crippen MR) is 95.8 cm³/mol. The number of nitriles is 1. The molecule has 3 rings (SSSR count). The van der Waals surface area contributed by atoms with Crippen LogP contribution in [0.5, 0.6) is 5.88 Å². The summed E-state index contributed by atoms with van der Waals surface area (Å²) in [7, 11) is -1.78. The third kappa shape index (κ3) is 3.43. The third-order valence-corrected chi connectivity index (χ3v) is 4.93. The van der Waals surface area contributed by atoms with Crippen molar-refractivity contribution in [2.45, 2.75) is 11.3 Å². The minimum atomic E-state index is -3.31. The van der Waals surface area contributed by atoms with E-state index >= 15 is 0 Å². The number of sulfone groups is 1. The van der Waals surface area contributed by atoms with E-state index in [1.54, 1.807) is 12.3 Å². The van der Waals surface area contributed by atoms with E-state index in [-0.39, 0.29) is 4.90 Å². The maximum atomic E-state index is 11.6. The van der Waals surface area contributed by atoms with Crippen molar-refractivity contribution in [2.75, 3.05) is 13.4 Å². The minimum Gasteiger partial charge on any atom is -0.480 e. The lowest BCUT2D eigenvalue weighted by atomic mass is 10.1. The van der Waals surface area contributed by atoms with Gasteiger partial charge in [-0.15, -0.1) is 0 Å². The lowest BCUT2D eigenvalue weighted by molar-refractivity contribution is 0.384. The number of benzene rings is 1. The highest BCUT2D eigenvalue weighted by Crippen LogP contribution is 2.31. The van der Waals surface area contributed by atoms with Gasteiger partial charge in [0.2, 0.25) is 5.88 Å². The molecule has 0 N–H and O–H groups in total. The SMILES string of the molecule is COc1c(-c2ccc(CC#N)cc2)cnn1-c1ccc(S(C)(=O)=O)cn1. The van der Waals surface area contributed by atoms with Crippen molar-refractivity contribution in [1.82, 2.24) is 14.8 Å². The monoisotopic (exact) mass is 368 g/mol. The summed E-state index contributed by atoms with van der Waals surface area (Å²) in [5.74, 6) is 0.930. The Bertz CT molecular complexity index is 1060. The maximum absolute atomic E-state index is 11.6. The van der Waals surface area contributed by atoms with Crippen molar-refractivity contribution in [3.63, 3.8) is 0 Å². The van der Waals surface area contributed by atoms with Gasteiger partial charge in [0.15, 0.2) is 15.7 Å². The van der Waals surface area contributed by atoms with Crippen LogP contribution in [0.4, 0.5) is 0 Å². The van der Waals surface area contributed by atoms with Crippen LogP contribution in [0.2, 0.25) is 0 Å². The van der Waals surface area contributed by atoms with Gasteiger partial charge >= 0.3 is 0 Å². The topological polar surface area (TPSA) is 97.9 Å². The molecule has 7 nitrogen and oxygen atoms in total. The zero-order valence-corrected chi connectivity index (χ0v) is 15.1. The number of nitrogens with zero attached hydrogens (tertiary/aromatic N) is 4. The highest BCUT2D eigenvalue weighted by molar-refractivity contribution is 7.90. The van der Waals surface area contributed by atoms with Crippen LogP contribution in [-0.4, -0.2) is 36.5 Å². The molecule has 0 bridgehead atoms. The number of ether oxygens (including phenoxy) is 1. The smallest absolute Gasteiger partial charge is 0.225 e. The molecule has 0 atom stereocenters. The molecule has 0 aliphatic rings. The molecule has 26 heavy (non-hydrogen) atoms. The second-order valence-corrected chi connectivity index (χ2v) is 7.65. The van der Waals surface area contributed by atoms with Gasteiger partial charge in [-0.2, -0.15) is 15.0 Å². The van der Waals surface area contributed by atoms with Crippen LogP contribution in [0.3, 0.4) is 0 Å². The fourth-order valence-electron chi connectivity index (χ4n) is 2.51. The molecular weight excluding hydrogens is 352 g/mol. The highest BCUT2D eigenvalue weighted by Gasteiger charge is 2.16. The molecule has 2 heterocycles. The Hall–Kier alpha value is -3.18. The van der Waals surface area contributed by atoms with Crippen LogP contribution in [0.1, 0.15) is 5.56 Å². The highest BCUT2D eigenvalue weighted by atomic mass is 32.2. The number of pyridine rings is 1. The molecule has 3 aromatic rings. The maximum Gasteiger partial charge on any atom is 0.225 e. The molecule has 0 spiro atoms. The molecule has 0 saturated carbocycles. The van der Waals surface area contributed by atoms with Crippen LogP contribution in [-0.2, 0) is 16.3 Å². The van der Waals surface area contributed by atoms with E-state index in [9.17, 15) is 8.42 Å². The number of aromatic nitrogens is 3. The Morgan fingerprint density at radius 1 is 1.15 bits per heavy atom. The molecule has 0 unspecified atom stereocenters. The third-order valence-electron chi connectivity index (χ3n) is 3.83. The summed E-state index contributed by atoms with van der Waals surface area (Å²) in [6.07, 6.45) is 4.44. The summed E-state index contributed by atoms with van der Waals surface area (Å²) in [6.45, 7) is 0. The Balaban J connectivity index is 1.99. The largest absolute Gasteiger partial charge is 0.480 e. The number of hydrogen-bond acceptors (Lipinski definition) is 6. The van der Waals surface area contributed by atoms with Crippen LogP contribution in [0, 0.1) is 11.3 Å². The summed E-state index contributed by atoms with van der Waals surface area (Å²) >= 11 is 0. The Kier molecular flexibility index (Phi) is 4.73. The minimum absolute atomic E-state index is 0.140. The molecule has 0 aliphatic carbocycles. The Labute approximate surface area is 151 Å². The van der Waals surface area contributed by atoms with E-state index in [2.05, 4.69) is 16.2 Å².